The van der Waals surface area contributed by atoms with Gasteiger partial charge in [0, 0.05) is 12.1 Å². The summed E-state index contributed by atoms with van der Waals surface area (Å²) in [5.74, 6) is -0.0501. The first-order chi connectivity index (χ1) is 11.5. The molecule has 3 rings (SSSR count). The topological polar surface area (TPSA) is 49.8 Å². The van der Waals surface area contributed by atoms with Crippen LogP contribution in [0.2, 0.25) is 0 Å². The van der Waals surface area contributed by atoms with Gasteiger partial charge in [0.1, 0.15) is 17.2 Å². The first-order valence-electron chi connectivity index (χ1n) is 7.93. The van der Waals surface area contributed by atoms with E-state index in [4.69, 9.17) is 4.74 Å². The highest BCUT2D eigenvalue weighted by atomic mass is 19.1. The van der Waals surface area contributed by atoms with Crippen LogP contribution in [0, 0.1) is 5.82 Å². The number of halogens is 1. The monoisotopic (exact) mass is 329 g/mol. The number of hydrogen-bond acceptors (Lipinski definition) is 3. The smallest absolute Gasteiger partial charge is 0.254 e. The molecule has 0 aliphatic carbocycles. The molecule has 0 spiro atoms. The van der Waals surface area contributed by atoms with Crippen LogP contribution in [0.3, 0.4) is 0 Å². The fourth-order valence-electron chi connectivity index (χ4n) is 3.16. The van der Waals surface area contributed by atoms with E-state index < -0.39 is 11.4 Å². The van der Waals surface area contributed by atoms with Crippen molar-refractivity contribution in [1.29, 1.82) is 0 Å². The number of β-amino-alcohol motifs (C(OH)–C–C–N with tert-alkyl or cyclic N) is 1. The van der Waals surface area contributed by atoms with Gasteiger partial charge < -0.3 is 14.7 Å². The molecule has 0 radical (unpaired) electrons. The predicted octanol–water partition coefficient (Wildman–Crippen LogP) is 2.96. The molecule has 0 aromatic heterocycles. The van der Waals surface area contributed by atoms with Crippen molar-refractivity contribution in [2.45, 2.75) is 18.4 Å². The SMILES string of the molecule is COc1cccc(C2(O)CCCN(C(=O)c3cccc(F)c3)C2)c1. The van der Waals surface area contributed by atoms with Crippen LogP contribution in [-0.2, 0) is 5.60 Å². The molecular weight excluding hydrogens is 309 g/mol. The summed E-state index contributed by atoms with van der Waals surface area (Å²) in [5, 5.41) is 11.1. The van der Waals surface area contributed by atoms with Crippen molar-refractivity contribution in [1.82, 2.24) is 4.90 Å². The molecule has 1 aliphatic rings. The molecule has 1 aliphatic heterocycles. The number of benzene rings is 2. The lowest BCUT2D eigenvalue weighted by Crippen LogP contribution is -2.48. The molecule has 1 N–H and O–H groups in total. The van der Waals surface area contributed by atoms with Crippen molar-refractivity contribution in [2.75, 3.05) is 20.2 Å². The highest BCUT2D eigenvalue weighted by Gasteiger charge is 2.37. The van der Waals surface area contributed by atoms with Gasteiger partial charge in [0.05, 0.1) is 13.7 Å². The summed E-state index contributed by atoms with van der Waals surface area (Å²) in [7, 11) is 1.57. The van der Waals surface area contributed by atoms with Crippen LogP contribution in [0.4, 0.5) is 4.39 Å². The summed E-state index contributed by atoms with van der Waals surface area (Å²) < 4.78 is 18.6. The molecule has 5 heteroatoms. The Hall–Kier alpha value is -2.40. The number of amides is 1. The minimum Gasteiger partial charge on any atom is -0.497 e. The normalized spacial score (nSPS) is 20.7. The Morgan fingerprint density at radius 3 is 2.79 bits per heavy atom. The maximum Gasteiger partial charge on any atom is 0.254 e. The van der Waals surface area contributed by atoms with E-state index in [1.54, 1.807) is 24.1 Å². The number of rotatable bonds is 3. The minimum atomic E-state index is -1.13. The Bertz CT molecular complexity index is 749. The van der Waals surface area contributed by atoms with Gasteiger partial charge in [0.15, 0.2) is 0 Å². The van der Waals surface area contributed by atoms with Crippen molar-refractivity contribution in [3.05, 3.63) is 65.5 Å². The molecule has 0 saturated carbocycles. The number of ether oxygens (including phenoxy) is 1. The molecule has 2 aromatic carbocycles. The van der Waals surface area contributed by atoms with Gasteiger partial charge in [-0.3, -0.25) is 4.79 Å². The third-order valence-electron chi connectivity index (χ3n) is 4.44. The van der Waals surface area contributed by atoms with E-state index in [0.29, 0.717) is 30.7 Å². The zero-order chi connectivity index (χ0) is 17.2. The molecule has 1 fully saturated rings. The van der Waals surface area contributed by atoms with Crippen LogP contribution in [-0.4, -0.2) is 36.1 Å². The molecule has 24 heavy (non-hydrogen) atoms. The van der Waals surface area contributed by atoms with E-state index in [1.807, 2.05) is 18.2 Å². The maximum absolute atomic E-state index is 13.4. The summed E-state index contributed by atoms with van der Waals surface area (Å²) in [4.78, 5) is 14.2. The number of carbonyl (C=O) groups is 1. The average Bonchev–Trinajstić information content (AvgIpc) is 2.61. The molecule has 0 bridgehead atoms. The number of carbonyl (C=O) groups excluding carboxylic acids is 1. The van der Waals surface area contributed by atoms with E-state index in [1.165, 1.54) is 18.2 Å². The third kappa shape index (κ3) is 3.26. The zero-order valence-electron chi connectivity index (χ0n) is 13.5. The fraction of sp³-hybridized carbons (Fsp3) is 0.316. The number of nitrogens with zero attached hydrogens (tertiary/aromatic N) is 1. The summed E-state index contributed by atoms with van der Waals surface area (Å²) in [5.41, 5.74) is -0.112. The van der Waals surface area contributed by atoms with Gasteiger partial charge in [-0.05, 0) is 48.7 Å². The number of hydrogen-bond donors (Lipinski definition) is 1. The van der Waals surface area contributed by atoms with Gasteiger partial charge in [-0.15, -0.1) is 0 Å². The summed E-state index contributed by atoms with van der Waals surface area (Å²) in [6.45, 7) is 0.719. The first-order valence-corrected chi connectivity index (χ1v) is 7.93. The maximum atomic E-state index is 13.4. The molecule has 1 heterocycles. The van der Waals surface area contributed by atoms with Crippen LogP contribution in [0.25, 0.3) is 0 Å². The highest BCUT2D eigenvalue weighted by Crippen LogP contribution is 2.33. The molecule has 2 aromatic rings. The van der Waals surface area contributed by atoms with E-state index >= 15 is 0 Å². The largest absolute Gasteiger partial charge is 0.497 e. The Morgan fingerprint density at radius 2 is 2.04 bits per heavy atom. The average molecular weight is 329 g/mol. The molecule has 1 saturated heterocycles. The first kappa shape index (κ1) is 16.5. The van der Waals surface area contributed by atoms with Crippen LogP contribution in [0.1, 0.15) is 28.8 Å². The molecule has 1 unspecified atom stereocenters. The highest BCUT2D eigenvalue weighted by molar-refractivity contribution is 5.94. The lowest BCUT2D eigenvalue weighted by Gasteiger charge is -2.39. The van der Waals surface area contributed by atoms with Gasteiger partial charge in [-0.25, -0.2) is 4.39 Å². The van der Waals surface area contributed by atoms with E-state index in [2.05, 4.69) is 0 Å². The number of likely N-dealkylation sites (tertiary alicyclic amines) is 1. The van der Waals surface area contributed by atoms with Gasteiger partial charge in [-0.1, -0.05) is 18.2 Å². The van der Waals surface area contributed by atoms with Gasteiger partial charge in [0.25, 0.3) is 5.91 Å². The minimum absolute atomic E-state index is 0.176. The van der Waals surface area contributed by atoms with Gasteiger partial charge in [0.2, 0.25) is 0 Å². The Balaban J connectivity index is 1.84. The summed E-state index contributed by atoms with van der Waals surface area (Å²) >= 11 is 0. The second-order valence-corrected chi connectivity index (χ2v) is 6.10. The second-order valence-electron chi connectivity index (χ2n) is 6.10. The lowest BCUT2D eigenvalue weighted by atomic mass is 9.85. The molecule has 126 valence electrons. The molecule has 4 nitrogen and oxygen atoms in total. The standard InChI is InChI=1S/C19H20FNO3/c1-24-17-8-3-6-15(12-17)19(23)9-4-10-21(13-19)18(22)14-5-2-7-16(20)11-14/h2-3,5-8,11-12,23H,4,9-10,13H2,1H3. The Labute approximate surface area is 140 Å². The van der Waals surface area contributed by atoms with Crippen LogP contribution in [0.5, 0.6) is 5.75 Å². The van der Waals surface area contributed by atoms with Gasteiger partial charge >= 0.3 is 0 Å². The fourth-order valence-corrected chi connectivity index (χ4v) is 3.16. The van der Waals surface area contributed by atoms with E-state index in [0.717, 1.165) is 5.56 Å². The third-order valence-corrected chi connectivity index (χ3v) is 4.44. The molecule has 1 atom stereocenters. The van der Waals surface area contributed by atoms with Crippen LogP contribution >= 0.6 is 0 Å². The molecule has 1 amide bonds. The van der Waals surface area contributed by atoms with Crippen molar-refractivity contribution in [2.24, 2.45) is 0 Å². The van der Waals surface area contributed by atoms with Crippen molar-refractivity contribution >= 4 is 5.91 Å². The second kappa shape index (κ2) is 6.61. The van der Waals surface area contributed by atoms with Crippen LogP contribution in [0.15, 0.2) is 48.5 Å². The quantitative estimate of drug-likeness (QED) is 0.942. The van der Waals surface area contributed by atoms with Crippen LogP contribution < -0.4 is 4.74 Å². The number of methoxy groups -OCH3 is 1. The van der Waals surface area contributed by atoms with E-state index in [-0.39, 0.29) is 12.5 Å². The number of aliphatic hydroxyl groups is 1. The molecular formula is C19H20FNO3. The van der Waals surface area contributed by atoms with Gasteiger partial charge in [-0.2, -0.15) is 0 Å². The lowest BCUT2D eigenvalue weighted by molar-refractivity contribution is -0.0290. The van der Waals surface area contributed by atoms with Crippen molar-refractivity contribution in [3.8, 4) is 5.75 Å². The van der Waals surface area contributed by atoms with E-state index in [9.17, 15) is 14.3 Å². The zero-order valence-corrected chi connectivity index (χ0v) is 13.5. The summed E-state index contributed by atoms with van der Waals surface area (Å²) in [6, 6.07) is 12.9. The Morgan fingerprint density at radius 1 is 1.25 bits per heavy atom. The van der Waals surface area contributed by atoms with Crippen molar-refractivity contribution in [3.63, 3.8) is 0 Å². The van der Waals surface area contributed by atoms with Crippen molar-refractivity contribution < 1.29 is 19.0 Å². The summed E-state index contributed by atoms with van der Waals surface area (Å²) in [6.07, 6.45) is 1.24. The number of piperidine rings is 1. The predicted molar refractivity (Wildman–Crippen MR) is 88.4 cm³/mol. The Kier molecular flexibility index (Phi) is 4.53.